The molecule has 0 atom stereocenters. The van der Waals surface area contributed by atoms with Gasteiger partial charge in [0.05, 0.1) is 10.6 Å². The standard InChI is InChI=1S/C16H14N2O4S/c19-23(20,11-4-5-15-16(10-11)22-9-8-21-15)18-14-3-1-2-13-12(14)6-7-17-13/h1-7,10,17-18H,8-9H2. The number of ether oxygens (including phenoxy) is 2. The number of aromatic nitrogens is 1. The van der Waals surface area contributed by atoms with Gasteiger partial charge < -0.3 is 14.5 Å². The van der Waals surface area contributed by atoms with Gasteiger partial charge in [-0.2, -0.15) is 0 Å². The topological polar surface area (TPSA) is 80.4 Å². The lowest BCUT2D eigenvalue weighted by molar-refractivity contribution is 0.171. The zero-order valence-corrected chi connectivity index (χ0v) is 12.9. The highest BCUT2D eigenvalue weighted by atomic mass is 32.2. The molecular weight excluding hydrogens is 316 g/mol. The summed E-state index contributed by atoms with van der Waals surface area (Å²) >= 11 is 0. The number of hydrogen-bond acceptors (Lipinski definition) is 4. The average molecular weight is 330 g/mol. The van der Waals surface area contributed by atoms with Crippen LogP contribution in [0.3, 0.4) is 0 Å². The molecule has 0 spiro atoms. The normalized spacial score (nSPS) is 13.9. The summed E-state index contributed by atoms with van der Waals surface area (Å²) in [5.74, 6) is 1.00. The molecule has 2 aromatic carbocycles. The Hall–Kier alpha value is -2.67. The molecule has 0 radical (unpaired) electrons. The van der Waals surface area contributed by atoms with E-state index in [1.165, 1.54) is 12.1 Å². The van der Waals surface area contributed by atoms with Gasteiger partial charge >= 0.3 is 0 Å². The zero-order valence-electron chi connectivity index (χ0n) is 12.1. The van der Waals surface area contributed by atoms with Crippen molar-refractivity contribution in [3.05, 3.63) is 48.7 Å². The van der Waals surface area contributed by atoms with Gasteiger partial charge in [0.2, 0.25) is 0 Å². The van der Waals surface area contributed by atoms with E-state index in [-0.39, 0.29) is 4.90 Å². The third-order valence-electron chi connectivity index (χ3n) is 3.66. The van der Waals surface area contributed by atoms with Crippen molar-refractivity contribution in [3.8, 4) is 11.5 Å². The molecule has 2 heterocycles. The molecule has 1 aliphatic rings. The van der Waals surface area contributed by atoms with E-state index in [1.54, 1.807) is 24.4 Å². The van der Waals surface area contributed by atoms with Crippen molar-refractivity contribution >= 4 is 26.6 Å². The van der Waals surface area contributed by atoms with Crippen LogP contribution in [-0.4, -0.2) is 26.6 Å². The number of aromatic amines is 1. The minimum Gasteiger partial charge on any atom is -0.486 e. The molecule has 0 bridgehead atoms. The van der Waals surface area contributed by atoms with Crippen LogP contribution < -0.4 is 14.2 Å². The third kappa shape index (κ3) is 2.49. The fraction of sp³-hybridized carbons (Fsp3) is 0.125. The van der Waals surface area contributed by atoms with Crippen LogP contribution in [0.15, 0.2) is 53.6 Å². The van der Waals surface area contributed by atoms with Gasteiger partial charge in [0, 0.05) is 23.2 Å². The predicted octanol–water partition coefficient (Wildman–Crippen LogP) is 2.74. The Morgan fingerprint density at radius 1 is 1.00 bits per heavy atom. The van der Waals surface area contributed by atoms with Crippen molar-refractivity contribution in [2.75, 3.05) is 17.9 Å². The SMILES string of the molecule is O=S(=O)(Nc1cccc2[nH]ccc12)c1ccc2c(c1)OCCO2. The van der Waals surface area contributed by atoms with Gasteiger partial charge in [-0.05, 0) is 30.3 Å². The second-order valence-electron chi connectivity index (χ2n) is 5.16. The Morgan fingerprint density at radius 2 is 1.83 bits per heavy atom. The van der Waals surface area contributed by atoms with E-state index in [2.05, 4.69) is 9.71 Å². The van der Waals surface area contributed by atoms with Crippen LogP contribution in [0.2, 0.25) is 0 Å². The summed E-state index contributed by atoms with van der Waals surface area (Å²) in [6, 6.07) is 11.8. The van der Waals surface area contributed by atoms with Crippen LogP contribution >= 0.6 is 0 Å². The fourth-order valence-corrected chi connectivity index (χ4v) is 3.66. The van der Waals surface area contributed by atoms with Crippen LogP contribution in [0, 0.1) is 0 Å². The van der Waals surface area contributed by atoms with Gasteiger partial charge in [-0.3, -0.25) is 4.72 Å². The van der Waals surface area contributed by atoms with Crippen molar-refractivity contribution in [3.63, 3.8) is 0 Å². The summed E-state index contributed by atoms with van der Waals surface area (Å²) < 4.78 is 38.8. The molecule has 1 aliphatic heterocycles. The lowest BCUT2D eigenvalue weighted by atomic mass is 10.2. The molecule has 0 amide bonds. The fourth-order valence-electron chi connectivity index (χ4n) is 2.57. The van der Waals surface area contributed by atoms with Crippen LogP contribution in [0.5, 0.6) is 11.5 Å². The van der Waals surface area contributed by atoms with E-state index in [1.807, 2.05) is 12.1 Å². The number of sulfonamides is 1. The van der Waals surface area contributed by atoms with Crippen molar-refractivity contribution in [1.82, 2.24) is 4.98 Å². The summed E-state index contributed by atoms with van der Waals surface area (Å²) in [6.45, 7) is 0.874. The van der Waals surface area contributed by atoms with Crippen LogP contribution in [0.1, 0.15) is 0 Å². The number of rotatable bonds is 3. The molecule has 2 N–H and O–H groups in total. The second kappa shape index (κ2) is 5.20. The largest absolute Gasteiger partial charge is 0.486 e. The first kappa shape index (κ1) is 14.0. The van der Waals surface area contributed by atoms with Crippen LogP contribution in [0.25, 0.3) is 10.9 Å². The molecule has 3 aromatic rings. The molecule has 0 fully saturated rings. The second-order valence-corrected chi connectivity index (χ2v) is 6.84. The number of anilines is 1. The molecule has 0 saturated carbocycles. The number of benzene rings is 2. The molecule has 0 saturated heterocycles. The highest BCUT2D eigenvalue weighted by Crippen LogP contribution is 2.33. The van der Waals surface area contributed by atoms with Crippen molar-refractivity contribution in [2.45, 2.75) is 4.90 Å². The smallest absolute Gasteiger partial charge is 0.262 e. The minimum absolute atomic E-state index is 0.134. The maximum Gasteiger partial charge on any atom is 0.262 e. The van der Waals surface area contributed by atoms with E-state index in [9.17, 15) is 8.42 Å². The van der Waals surface area contributed by atoms with Crippen LogP contribution in [0.4, 0.5) is 5.69 Å². The van der Waals surface area contributed by atoms with E-state index in [0.717, 1.165) is 10.9 Å². The van der Waals surface area contributed by atoms with E-state index in [4.69, 9.17) is 9.47 Å². The summed E-state index contributed by atoms with van der Waals surface area (Å²) in [5.41, 5.74) is 1.39. The van der Waals surface area contributed by atoms with E-state index in [0.29, 0.717) is 30.4 Å². The molecule has 4 rings (SSSR count). The average Bonchev–Trinajstić information content (AvgIpc) is 3.04. The molecule has 7 heteroatoms. The molecular formula is C16H14N2O4S. The number of hydrogen-bond donors (Lipinski definition) is 2. The molecule has 6 nitrogen and oxygen atoms in total. The molecule has 0 unspecified atom stereocenters. The van der Waals surface area contributed by atoms with Crippen LogP contribution in [-0.2, 0) is 10.0 Å². The number of fused-ring (bicyclic) bond motifs is 2. The first-order chi connectivity index (χ1) is 11.1. The Bertz CT molecular complexity index is 979. The monoisotopic (exact) mass is 330 g/mol. The molecule has 118 valence electrons. The highest BCUT2D eigenvalue weighted by Gasteiger charge is 2.20. The van der Waals surface area contributed by atoms with Gasteiger partial charge in [0.15, 0.2) is 11.5 Å². The minimum atomic E-state index is -3.72. The lowest BCUT2D eigenvalue weighted by Gasteiger charge is -2.19. The van der Waals surface area contributed by atoms with Crippen molar-refractivity contribution in [2.24, 2.45) is 0 Å². The third-order valence-corrected chi connectivity index (χ3v) is 5.03. The van der Waals surface area contributed by atoms with Crippen molar-refractivity contribution in [1.29, 1.82) is 0 Å². The zero-order chi connectivity index (χ0) is 15.9. The van der Waals surface area contributed by atoms with E-state index >= 15 is 0 Å². The molecule has 1 aromatic heterocycles. The van der Waals surface area contributed by atoms with Gasteiger partial charge in [-0.1, -0.05) is 6.07 Å². The summed E-state index contributed by atoms with van der Waals surface area (Å²) in [5, 5.41) is 0.814. The number of H-pyrrole nitrogens is 1. The Kier molecular flexibility index (Phi) is 3.16. The lowest BCUT2D eigenvalue weighted by Crippen LogP contribution is -2.17. The first-order valence-electron chi connectivity index (χ1n) is 7.12. The predicted molar refractivity (Wildman–Crippen MR) is 86.5 cm³/mol. The quantitative estimate of drug-likeness (QED) is 0.774. The van der Waals surface area contributed by atoms with Gasteiger partial charge in [-0.15, -0.1) is 0 Å². The molecule has 23 heavy (non-hydrogen) atoms. The van der Waals surface area contributed by atoms with Gasteiger partial charge in [0.25, 0.3) is 10.0 Å². The Morgan fingerprint density at radius 3 is 2.70 bits per heavy atom. The summed E-state index contributed by atoms with van der Waals surface area (Å²) in [4.78, 5) is 3.19. The number of nitrogens with one attached hydrogen (secondary N) is 2. The van der Waals surface area contributed by atoms with E-state index < -0.39 is 10.0 Å². The Balaban J connectivity index is 1.72. The summed E-state index contributed by atoms with van der Waals surface area (Å²) in [7, 11) is -3.72. The van der Waals surface area contributed by atoms with Gasteiger partial charge in [0.1, 0.15) is 13.2 Å². The van der Waals surface area contributed by atoms with Gasteiger partial charge in [-0.25, -0.2) is 8.42 Å². The van der Waals surface area contributed by atoms with Crippen molar-refractivity contribution < 1.29 is 17.9 Å². The first-order valence-corrected chi connectivity index (χ1v) is 8.60. The molecule has 0 aliphatic carbocycles. The Labute approximate surface area is 133 Å². The maximum absolute atomic E-state index is 12.6. The highest BCUT2D eigenvalue weighted by molar-refractivity contribution is 7.92. The maximum atomic E-state index is 12.6. The summed E-state index contributed by atoms with van der Waals surface area (Å²) in [6.07, 6.45) is 1.77.